The summed E-state index contributed by atoms with van der Waals surface area (Å²) in [6.07, 6.45) is 6.20. The van der Waals surface area contributed by atoms with Gasteiger partial charge in [-0.3, -0.25) is 14.4 Å². The van der Waals surface area contributed by atoms with Gasteiger partial charge in [0.25, 0.3) is 0 Å². The van der Waals surface area contributed by atoms with Gasteiger partial charge in [0, 0.05) is 30.1 Å². The van der Waals surface area contributed by atoms with E-state index >= 15 is 0 Å². The third-order valence-corrected chi connectivity index (χ3v) is 5.91. The summed E-state index contributed by atoms with van der Waals surface area (Å²) in [5, 5.41) is 6.05. The highest BCUT2D eigenvalue weighted by Crippen LogP contribution is 2.28. The van der Waals surface area contributed by atoms with Gasteiger partial charge in [-0.05, 0) is 44.0 Å². The molecule has 0 saturated heterocycles. The van der Waals surface area contributed by atoms with E-state index in [9.17, 15) is 14.4 Å². The standard InChI is InChI=1S/C20H29N3O3S/c1-3-23(20(26)14-27-18-7-5-4-6-8-18)13-19(25)22-17-11-9-16(10-12-17)21-15(2)24/h9-12,18H,3-8,13-14H2,1-2H3,(H,21,24)(H,22,25). The number of amides is 3. The van der Waals surface area contributed by atoms with Crippen LogP contribution in [-0.2, 0) is 14.4 Å². The Hall–Kier alpha value is -2.02. The first kappa shape index (κ1) is 21.3. The van der Waals surface area contributed by atoms with Crippen LogP contribution >= 0.6 is 11.8 Å². The normalized spacial score (nSPS) is 14.4. The highest BCUT2D eigenvalue weighted by molar-refractivity contribution is 8.00. The average Bonchev–Trinajstić information content (AvgIpc) is 2.66. The monoisotopic (exact) mass is 391 g/mol. The van der Waals surface area contributed by atoms with Gasteiger partial charge in [-0.2, -0.15) is 0 Å². The average molecular weight is 392 g/mol. The van der Waals surface area contributed by atoms with Crippen molar-refractivity contribution in [2.24, 2.45) is 0 Å². The van der Waals surface area contributed by atoms with Gasteiger partial charge in [-0.25, -0.2) is 0 Å². The molecule has 1 aromatic rings. The van der Waals surface area contributed by atoms with Crippen LogP contribution in [0.4, 0.5) is 11.4 Å². The van der Waals surface area contributed by atoms with Crippen LogP contribution < -0.4 is 10.6 Å². The molecule has 1 aliphatic rings. The number of anilines is 2. The summed E-state index contributed by atoms with van der Waals surface area (Å²) < 4.78 is 0. The fourth-order valence-electron chi connectivity index (χ4n) is 3.10. The van der Waals surface area contributed by atoms with Gasteiger partial charge >= 0.3 is 0 Å². The molecular formula is C20H29N3O3S. The molecule has 2 N–H and O–H groups in total. The lowest BCUT2D eigenvalue weighted by Gasteiger charge is -2.24. The van der Waals surface area contributed by atoms with E-state index in [0.29, 0.717) is 28.9 Å². The Morgan fingerprint density at radius 1 is 1.04 bits per heavy atom. The molecule has 0 aromatic heterocycles. The quantitative estimate of drug-likeness (QED) is 0.711. The zero-order valence-corrected chi connectivity index (χ0v) is 16.9. The summed E-state index contributed by atoms with van der Waals surface area (Å²) in [4.78, 5) is 37.3. The molecule has 0 bridgehead atoms. The molecule has 2 rings (SSSR count). The number of thioether (sulfide) groups is 1. The summed E-state index contributed by atoms with van der Waals surface area (Å²) in [5.74, 6) is 0.0938. The van der Waals surface area contributed by atoms with Gasteiger partial charge in [-0.15, -0.1) is 11.8 Å². The molecule has 1 fully saturated rings. The molecule has 0 unspecified atom stereocenters. The van der Waals surface area contributed by atoms with Crippen molar-refractivity contribution in [1.82, 2.24) is 4.90 Å². The number of carbonyl (C=O) groups is 3. The Kier molecular flexibility index (Phi) is 8.64. The van der Waals surface area contributed by atoms with E-state index in [0.717, 1.165) is 0 Å². The number of nitrogens with one attached hydrogen (secondary N) is 2. The van der Waals surface area contributed by atoms with E-state index in [-0.39, 0.29) is 24.3 Å². The third kappa shape index (κ3) is 7.62. The number of benzene rings is 1. The minimum Gasteiger partial charge on any atom is -0.333 e. The predicted octanol–water partition coefficient (Wildman–Crippen LogP) is 3.50. The Morgan fingerprint density at radius 3 is 2.19 bits per heavy atom. The lowest BCUT2D eigenvalue weighted by Crippen LogP contribution is -2.39. The summed E-state index contributed by atoms with van der Waals surface area (Å²) in [6, 6.07) is 6.89. The van der Waals surface area contributed by atoms with Gasteiger partial charge < -0.3 is 15.5 Å². The number of hydrogen-bond acceptors (Lipinski definition) is 4. The maximum absolute atomic E-state index is 12.4. The first-order valence-corrected chi connectivity index (χ1v) is 10.6. The van der Waals surface area contributed by atoms with Gasteiger partial charge in [0.05, 0.1) is 12.3 Å². The lowest BCUT2D eigenvalue weighted by molar-refractivity contribution is -0.132. The number of hydrogen-bond donors (Lipinski definition) is 2. The minimum atomic E-state index is -0.222. The first-order valence-electron chi connectivity index (χ1n) is 9.54. The van der Waals surface area contributed by atoms with E-state index in [1.807, 2.05) is 6.92 Å². The maximum atomic E-state index is 12.4. The molecule has 3 amide bonds. The van der Waals surface area contributed by atoms with E-state index in [2.05, 4.69) is 10.6 Å². The first-order chi connectivity index (χ1) is 13.0. The summed E-state index contributed by atoms with van der Waals surface area (Å²) >= 11 is 1.73. The second kappa shape index (κ2) is 11.0. The van der Waals surface area contributed by atoms with Crippen LogP contribution in [0.1, 0.15) is 46.0 Å². The molecule has 7 heteroatoms. The molecule has 1 aliphatic carbocycles. The van der Waals surface area contributed by atoms with Crippen LogP contribution in [0.3, 0.4) is 0 Å². The van der Waals surface area contributed by atoms with Crippen LogP contribution in [0.2, 0.25) is 0 Å². The molecule has 148 valence electrons. The maximum Gasteiger partial charge on any atom is 0.243 e. The molecule has 0 radical (unpaired) electrons. The van der Waals surface area contributed by atoms with Crippen molar-refractivity contribution in [3.05, 3.63) is 24.3 Å². The van der Waals surface area contributed by atoms with Crippen molar-refractivity contribution >= 4 is 40.9 Å². The molecule has 0 spiro atoms. The minimum absolute atomic E-state index is 0.0178. The molecule has 0 aliphatic heterocycles. The second-order valence-corrected chi connectivity index (χ2v) is 8.07. The smallest absolute Gasteiger partial charge is 0.243 e. The predicted molar refractivity (Wildman–Crippen MR) is 111 cm³/mol. The zero-order valence-electron chi connectivity index (χ0n) is 16.1. The molecule has 6 nitrogen and oxygen atoms in total. The molecule has 0 heterocycles. The van der Waals surface area contributed by atoms with Crippen molar-refractivity contribution in [3.8, 4) is 0 Å². The summed E-state index contributed by atoms with van der Waals surface area (Å²) in [6.45, 7) is 3.89. The molecule has 27 heavy (non-hydrogen) atoms. The van der Waals surface area contributed by atoms with Crippen molar-refractivity contribution in [1.29, 1.82) is 0 Å². The van der Waals surface area contributed by atoms with E-state index in [1.54, 1.807) is 40.9 Å². The highest BCUT2D eigenvalue weighted by Gasteiger charge is 2.19. The van der Waals surface area contributed by atoms with Crippen molar-refractivity contribution < 1.29 is 14.4 Å². The molecule has 1 aromatic carbocycles. The van der Waals surface area contributed by atoms with Crippen molar-refractivity contribution in [2.75, 3.05) is 29.5 Å². The number of carbonyl (C=O) groups excluding carboxylic acids is 3. The number of likely N-dealkylation sites (N-methyl/N-ethyl adjacent to an activating group) is 1. The lowest BCUT2D eigenvalue weighted by atomic mass is 10.0. The third-order valence-electron chi connectivity index (χ3n) is 4.55. The van der Waals surface area contributed by atoms with Gasteiger partial charge in [-0.1, -0.05) is 19.3 Å². The van der Waals surface area contributed by atoms with Crippen molar-refractivity contribution in [2.45, 2.75) is 51.2 Å². The van der Waals surface area contributed by atoms with Crippen LogP contribution in [0, 0.1) is 0 Å². The Balaban J connectivity index is 1.79. The van der Waals surface area contributed by atoms with Crippen molar-refractivity contribution in [3.63, 3.8) is 0 Å². The van der Waals surface area contributed by atoms with Crippen LogP contribution in [-0.4, -0.2) is 46.7 Å². The van der Waals surface area contributed by atoms with Crippen LogP contribution in [0.15, 0.2) is 24.3 Å². The van der Waals surface area contributed by atoms with Crippen LogP contribution in [0.25, 0.3) is 0 Å². The zero-order chi connectivity index (χ0) is 19.6. The second-order valence-electron chi connectivity index (χ2n) is 6.79. The Labute approximate surface area is 165 Å². The van der Waals surface area contributed by atoms with E-state index in [4.69, 9.17) is 0 Å². The summed E-state index contributed by atoms with van der Waals surface area (Å²) in [5.41, 5.74) is 1.31. The Bertz CT molecular complexity index is 642. The van der Waals surface area contributed by atoms with E-state index < -0.39 is 0 Å². The van der Waals surface area contributed by atoms with Gasteiger partial charge in [0.15, 0.2) is 0 Å². The van der Waals surface area contributed by atoms with E-state index in [1.165, 1.54) is 39.0 Å². The SMILES string of the molecule is CCN(CC(=O)Nc1ccc(NC(C)=O)cc1)C(=O)CSC1CCCCC1. The van der Waals surface area contributed by atoms with Crippen LogP contribution in [0.5, 0.6) is 0 Å². The summed E-state index contributed by atoms with van der Waals surface area (Å²) in [7, 11) is 0. The highest BCUT2D eigenvalue weighted by atomic mass is 32.2. The fourth-order valence-corrected chi connectivity index (χ4v) is 4.33. The number of nitrogens with zero attached hydrogens (tertiary/aromatic N) is 1. The Morgan fingerprint density at radius 2 is 1.63 bits per heavy atom. The number of rotatable bonds is 8. The van der Waals surface area contributed by atoms with Gasteiger partial charge in [0.2, 0.25) is 17.7 Å². The topological polar surface area (TPSA) is 78.5 Å². The molecular weight excluding hydrogens is 362 g/mol. The fraction of sp³-hybridized carbons (Fsp3) is 0.550. The van der Waals surface area contributed by atoms with Gasteiger partial charge in [0.1, 0.15) is 0 Å². The molecule has 1 saturated carbocycles. The molecule has 0 atom stereocenters. The largest absolute Gasteiger partial charge is 0.333 e.